The summed E-state index contributed by atoms with van der Waals surface area (Å²) >= 11 is 0. The van der Waals surface area contributed by atoms with Crippen LogP contribution in [0.2, 0.25) is 0 Å². The number of hydrogen-bond acceptors (Lipinski definition) is 4. The molecular formula is C24H20N2O3. The van der Waals surface area contributed by atoms with Crippen molar-refractivity contribution in [2.24, 2.45) is 0 Å². The highest BCUT2D eigenvalue weighted by molar-refractivity contribution is 5.89. The topological polar surface area (TPSA) is 83.2 Å². The number of nitrogens with zero attached hydrogens (tertiary/aromatic N) is 2. The van der Waals surface area contributed by atoms with Crippen molar-refractivity contribution in [1.29, 1.82) is 5.26 Å². The van der Waals surface area contributed by atoms with E-state index >= 15 is 0 Å². The fraction of sp³-hybridized carbons (Fsp3) is 0.208. The third kappa shape index (κ3) is 3.83. The van der Waals surface area contributed by atoms with Crippen molar-refractivity contribution in [3.8, 4) is 22.9 Å². The maximum atomic E-state index is 11.4. The minimum Gasteiger partial charge on any atom is -0.493 e. The molecule has 29 heavy (non-hydrogen) atoms. The van der Waals surface area contributed by atoms with Crippen molar-refractivity contribution in [2.75, 3.05) is 6.61 Å². The van der Waals surface area contributed by atoms with E-state index in [2.05, 4.69) is 17.1 Å². The number of aromatic nitrogens is 1. The van der Waals surface area contributed by atoms with E-state index < -0.39 is 5.97 Å². The number of pyridine rings is 1. The fourth-order valence-corrected chi connectivity index (χ4v) is 3.93. The van der Waals surface area contributed by atoms with Crippen molar-refractivity contribution in [1.82, 2.24) is 4.98 Å². The number of fused-ring (bicyclic) bond motifs is 1. The van der Waals surface area contributed by atoms with Gasteiger partial charge >= 0.3 is 5.97 Å². The first-order valence-electron chi connectivity index (χ1n) is 9.60. The average molecular weight is 384 g/mol. The SMILES string of the molecule is N#Cc1ccccc1-c1ccc2c(c1)OCC[C@@H]2CCc1cnccc1C(=O)O. The van der Waals surface area contributed by atoms with Gasteiger partial charge in [0.15, 0.2) is 0 Å². The summed E-state index contributed by atoms with van der Waals surface area (Å²) in [4.78, 5) is 15.5. The molecular weight excluding hydrogens is 364 g/mol. The Morgan fingerprint density at radius 1 is 1.24 bits per heavy atom. The molecule has 0 fully saturated rings. The Morgan fingerprint density at radius 3 is 2.93 bits per heavy atom. The van der Waals surface area contributed by atoms with E-state index in [4.69, 9.17) is 4.74 Å². The molecule has 3 aromatic rings. The standard InChI is InChI=1S/C24H20N2O3/c25-14-18-3-1-2-4-20(18)17-7-8-21-16(10-12-29-23(21)13-17)5-6-19-15-26-11-9-22(19)24(27)28/h1-4,7-9,11,13,15-16H,5-6,10,12H2,(H,27,28)/t16-/m0/s1. The first kappa shape index (κ1) is 18.7. The van der Waals surface area contributed by atoms with Crippen molar-refractivity contribution in [3.05, 3.63) is 83.2 Å². The molecule has 5 heteroatoms. The molecule has 144 valence electrons. The van der Waals surface area contributed by atoms with E-state index in [1.807, 2.05) is 36.4 Å². The van der Waals surface area contributed by atoms with Gasteiger partial charge in [-0.25, -0.2) is 4.79 Å². The first-order chi connectivity index (χ1) is 14.2. The number of ether oxygens (including phenoxy) is 1. The predicted octanol–water partition coefficient (Wildman–Crippen LogP) is 4.82. The molecule has 0 saturated carbocycles. The maximum Gasteiger partial charge on any atom is 0.336 e. The van der Waals surface area contributed by atoms with Gasteiger partial charge in [-0.05, 0) is 65.6 Å². The van der Waals surface area contributed by atoms with Crippen molar-refractivity contribution >= 4 is 5.97 Å². The van der Waals surface area contributed by atoms with Crippen LogP contribution in [0.3, 0.4) is 0 Å². The minimum atomic E-state index is -0.921. The largest absolute Gasteiger partial charge is 0.493 e. The number of carboxylic acids is 1. The Hall–Kier alpha value is -3.65. The lowest BCUT2D eigenvalue weighted by atomic mass is 9.86. The van der Waals surface area contributed by atoms with Gasteiger partial charge in [0.05, 0.1) is 23.8 Å². The number of benzene rings is 2. The van der Waals surface area contributed by atoms with Crippen LogP contribution in [-0.4, -0.2) is 22.7 Å². The molecule has 0 amide bonds. The molecule has 0 radical (unpaired) electrons. The predicted molar refractivity (Wildman–Crippen MR) is 109 cm³/mol. The van der Waals surface area contributed by atoms with Crippen LogP contribution in [0.1, 0.15) is 45.8 Å². The summed E-state index contributed by atoms with van der Waals surface area (Å²) in [6.45, 7) is 0.625. The molecule has 2 aromatic carbocycles. The first-order valence-corrected chi connectivity index (χ1v) is 9.60. The summed E-state index contributed by atoms with van der Waals surface area (Å²) in [7, 11) is 0. The molecule has 1 aliphatic heterocycles. The van der Waals surface area contributed by atoms with Gasteiger partial charge in [-0.3, -0.25) is 4.98 Å². The van der Waals surface area contributed by atoms with Gasteiger partial charge in [0.1, 0.15) is 5.75 Å². The second kappa shape index (κ2) is 8.15. The van der Waals surface area contributed by atoms with Gasteiger partial charge in [0.2, 0.25) is 0 Å². The van der Waals surface area contributed by atoms with Crippen LogP contribution in [0.25, 0.3) is 11.1 Å². The van der Waals surface area contributed by atoms with E-state index in [9.17, 15) is 15.2 Å². The van der Waals surface area contributed by atoms with Crippen LogP contribution in [0.4, 0.5) is 0 Å². The maximum absolute atomic E-state index is 11.4. The van der Waals surface area contributed by atoms with Gasteiger partial charge < -0.3 is 9.84 Å². The third-order valence-electron chi connectivity index (χ3n) is 5.43. The molecule has 1 N–H and O–H groups in total. The lowest BCUT2D eigenvalue weighted by Crippen LogP contribution is -2.15. The van der Waals surface area contributed by atoms with Gasteiger partial charge in [0.25, 0.3) is 0 Å². The average Bonchev–Trinajstić information content (AvgIpc) is 2.77. The minimum absolute atomic E-state index is 0.292. The molecule has 0 saturated heterocycles. The normalized spacial score (nSPS) is 15.1. The van der Waals surface area contributed by atoms with E-state index in [0.29, 0.717) is 30.1 Å². The summed E-state index contributed by atoms with van der Waals surface area (Å²) in [6, 6.07) is 17.4. The Bertz CT molecular complexity index is 1100. The van der Waals surface area contributed by atoms with Crippen LogP contribution in [-0.2, 0) is 6.42 Å². The molecule has 4 rings (SSSR count). The molecule has 0 spiro atoms. The van der Waals surface area contributed by atoms with Gasteiger partial charge in [0, 0.05) is 12.4 Å². The number of hydrogen-bond donors (Lipinski definition) is 1. The third-order valence-corrected chi connectivity index (χ3v) is 5.43. The van der Waals surface area contributed by atoms with Crippen LogP contribution in [0.5, 0.6) is 5.75 Å². The highest BCUT2D eigenvalue weighted by atomic mass is 16.5. The Kier molecular flexibility index (Phi) is 5.26. The molecule has 0 unspecified atom stereocenters. The molecule has 0 aliphatic carbocycles. The van der Waals surface area contributed by atoms with E-state index in [1.54, 1.807) is 12.3 Å². The van der Waals surface area contributed by atoms with Gasteiger partial charge in [-0.2, -0.15) is 5.26 Å². The second-order valence-corrected chi connectivity index (χ2v) is 7.12. The van der Waals surface area contributed by atoms with Crippen LogP contribution < -0.4 is 4.74 Å². The zero-order valence-electron chi connectivity index (χ0n) is 15.8. The van der Waals surface area contributed by atoms with E-state index in [0.717, 1.165) is 40.8 Å². The molecule has 2 heterocycles. The Balaban J connectivity index is 1.58. The molecule has 1 atom stereocenters. The molecule has 5 nitrogen and oxygen atoms in total. The summed E-state index contributed by atoms with van der Waals surface area (Å²) in [5, 5.41) is 18.7. The summed E-state index contributed by atoms with van der Waals surface area (Å²) < 4.78 is 5.91. The van der Waals surface area contributed by atoms with Crippen molar-refractivity contribution in [2.45, 2.75) is 25.2 Å². The van der Waals surface area contributed by atoms with Crippen molar-refractivity contribution < 1.29 is 14.6 Å². The molecule has 1 aromatic heterocycles. The van der Waals surface area contributed by atoms with Gasteiger partial charge in [-0.15, -0.1) is 0 Å². The molecule has 1 aliphatic rings. The number of carbonyl (C=O) groups is 1. The van der Waals surface area contributed by atoms with Crippen LogP contribution in [0.15, 0.2) is 60.9 Å². The fourth-order valence-electron chi connectivity index (χ4n) is 3.93. The van der Waals surface area contributed by atoms with Crippen LogP contribution >= 0.6 is 0 Å². The van der Waals surface area contributed by atoms with Crippen molar-refractivity contribution in [3.63, 3.8) is 0 Å². The number of nitriles is 1. The Morgan fingerprint density at radius 2 is 2.10 bits per heavy atom. The zero-order chi connectivity index (χ0) is 20.2. The summed E-state index contributed by atoms with van der Waals surface area (Å²) in [6.07, 6.45) is 5.53. The number of rotatable bonds is 5. The zero-order valence-corrected chi connectivity index (χ0v) is 15.8. The quantitative estimate of drug-likeness (QED) is 0.682. The van der Waals surface area contributed by atoms with Crippen LogP contribution in [0, 0.1) is 11.3 Å². The second-order valence-electron chi connectivity index (χ2n) is 7.12. The molecule has 0 bridgehead atoms. The van der Waals surface area contributed by atoms with E-state index in [-0.39, 0.29) is 0 Å². The lowest BCUT2D eigenvalue weighted by molar-refractivity contribution is 0.0695. The number of aromatic carboxylic acids is 1. The highest BCUT2D eigenvalue weighted by Gasteiger charge is 2.23. The van der Waals surface area contributed by atoms with Gasteiger partial charge in [-0.1, -0.05) is 30.3 Å². The number of aryl methyl sites for hydroxylation is 1. The smallest absolute Gasteiger partial charge is 0.336 e. The lowest BCUT2D eigenvalue weighted by Gasteiger charge is -2.26. The Labute approximate surface area is 169 Å². The monoisotopic (exact) mass is 384 g/mol. The highest BCUT2D eigenvalue weighted by Crippen LogP contribution is 2.39. The number of carboxylic acid groups (broad SMARTS) is 1. The van der Waals surface area contributed by atoms with E-state index in [1.165, 1.54) is 6.20 Å². The summed E-state index contributed by atoms with van der Waals surface area (Å²) in [5.74, 6) is 0.215. The summed E-state index contributed by atoms with van der Waals surface area (Å²) in [5.41, 5.74) is 4.70.